The Morgan fingerprint density at radius 1 is 1.06 bits per heavy atom. The molecule has 202 valence electrons. The normalized spacial score (nSPS) is 24.1. The number of ether oxygens (including phenoxy) is 4. The van der Waals surface area contributed by atoms with Gasteiger partial charge in [0, 0.05) is 25.3 Å². The van der Waals surface area contributed by atoms with E-state index in [1.54, 1.807) is 0 Å². The van der Waals surface area contributed by atoms with Crippen LogP contribution in [-0.2, 0) is 23.7 Å². The fraction of sp³-hybridized carbons (Fsp3) is 0.857. The Kier molecular flexibility index (Phi) is 12.6. The van der Waals surface area contributed by atoms with Crippen molar-refractivity contribution < 1.29 is 28.5 Å². The van der Waals surface area contributed by atoms with Crippen molar-refractivity contribution in [1.29, 1.82) is 0 Å². The van der Waals surface area contributed by atoms with E-state index in [0.29, 0.717) is 31.5 Å². The summed E-state index contributed by atoms with van der Waals surface area (Å²) >= 11 is 0. The van der Waals surface area contributed by atoms with Gasteiger partial charge in [0.1, 0.15) is 5.60 Å². The Hall–Kier alpha value is -1.60. The van der Waals surface area contributed by atoms with E-state index < -0.39 is 11.4 Å². The molecule has 0 radical (unpaired) electrons. The molecule has 3 atom stereocenters. The molecular weight excluding hydrogens is 446 g/mol. The van der Waals surface area contributed by atoms with Crippen LogP contribution in [0.5, 0.6) is 0 Å². The van der Waals surface area contributed by atoms with Gasteiger partial charge in [-0.3, -0.25) is 4.79 Å². The third-order valence-corrected chi connectivity index (χ3v) is 7.09. The third-order valence-electron chi connectivity index (χ3n) is 7.09. The molecule has 2 unspecified atom stereocenters. The van der Waals surface area contributed by atoms with Crippen LogP contribution in [0.3, 0.4) is 0 Å². The fourth-order valence-corrected chi connectivity index (χ4v) is 5.31. The second-order valence-corrected chi connectivity index (χ2v) is 11.0. The van der Waals surface area contributed by atoms with Gasteiger partial charge in [0.05, 0.1) is 20.3 Å². The molecule has 7 nitrogen and oxygen atoms in total. The van der Waals surface area contributed by atoms with Gasteiger partial charge in [0.15, 0.2) is 5.79 Å². The highest BCUT2D eigenvalue weighted by atomic mass is 16.7. The van der Waals surface area contributed by atoms with Crippen LogP contribution in [0, 0.1) is 11.8 Å². The van der Waals surface area contributed by atoms with Gasteiger partial charge < -0.3 is 24.3 Å². The first-order valence-electron chi connectivity index (χ1n) is 13.7. The molecule has 2 aliphatic rings. The summed E-state index contributed by atoms with van der Waals surface area (Å²) < 4.78 is 22.5. The number of unbranched alkanes of at least 4 members (excludes halogenated alkanes) is 3. The molecule has 0 bridgehead atoms. The van der Waals surface area contributed by atoms with Crippen LogP contribution in [0.2, 0.25) is 0 Å². The molecule has 0 aromatic rings. The molecule has 1 aliphatic heterocycles. The van der Waals surface area contributed by atoms with Crippen LogP contribution in [0.15, 0.2) is 12.2 Å². The molecule has 0 spiro atoms. The van der Waals surface area contributed by atoms with E-state index in [4.69, 9.17) is 18.9 Å². The number of hydrogen-bond acceptors (Lipinski definition) is 6. The minimum atomic E-state index is -0.514. The number of carbonyl (C=O) groups is 2. The van der Waals surface area contributed by atoms with Crippen LogP contribution in [-0.4, -0.2) is 49.8 Å². The summed E-state index contributed by atoms with van der Waals surface area (Å²) in [6.45, 7) is 9.20. The fourth-order valence-electron chi connectivity index (χ4n) is 5.31. The molecule has 1 saturated carbocycles. The summed E-state index contributed by atoms with van der Waals surface area (Å²) in [5, 5.41) is 3.17. The van der Waals surface area contributed by atoms with Gasteiger partial charge in [-0.25, -0.2) is 4.79 Å². The maximum absolute atomic E-state index is 12.5. The van der Waals surface area contributed by atoms with Crippen LogP contribution < -0.4 is 5.32 Å². The standard InChI is InChI=1S/C28H49NO6/c1-6-7-12-18-28(33-20-21-34-28)19-17-23-22(13-10-8-9-11-14-25(30)32-5)15-16-24(23)29-26(31)35-27(2,3)4/h8,10,22-24H,6-7,9,11-21H2,1-5H3,(H,29,31)/b10-8-/t22?,23-,24?/m1/s1. The van der Waals surface area contributed by atoms with Gasteiger partial charge in [0.2, 0.25) is 0 Å². The quantitative estimate of drug-likeness (QED) is 0.173. The van der Waals surface area contributed by atoms with Crippen LogP contribution in [0.1, 0.15) is 105 Å². The summed E-state index contributed by atoms with van der Waals surface area (Å²) in [6.07, 6.45) is 15.4. The molecule has 1 N–H and O–H groups in total. The van der Waals surface area contributed by atoms with Crippen molar-refractivity contribution in [2.24, 2.45) is 11.8 Å². The van der Waals surface area contributed by atoms with Gasteiger partial charge in [-0.15, -0.1) is 0 Å². The largest absolute Gasteiger partial charge is 0.469 e. The molecule has 1 saturated heterocycles. The first-order chi connectivity index (χ1) is 16.7. The second-order valence-electron chi connectivity index (χ2n) is 11.0. The van der Waals surface area contributed by atoms with E-state index in [-0.39, 0.29) is 18.1 Å². The van der Waals surface area contributed by atoms with E-state index in [2.05, 4.69) is 24.4 Å². The van der Waals surface area contributed by atoms with Crippen molar-refractivity contribution in [3.05, 3.63) is 12.2 Å². The molecule has 0 aromatic heterocycles. The molecule has 1 heterocycles. The maximum atomic E-state index is 12.5. The Morgan fingerprint density at radius 3 is 2.46 bits per heavy atom. The third kappa shape index (κ3) is 10.9. The summed E-state index contributed by atoms with van der Waals surface area (Å²) in [5.41, 5.74) is -0.514. The second kappa shape index (κ2) is 14.8. The lowest BCUT2D eigenvalue weighted by molar-refractivity contribution is -0.170. The van der Waals surface area contributed by atoms with Crippen molar-refractivity contribution in [1.82, 2.24) is 5.32 Å². The highest BCUT2D eigenvalue weighted by Crippen LogP contribution is 2.41. The SMILES string of the molecule is CCCCCC1(CC[C@@H]2C(C/C=C\CCCC(=O)OC)CCC2NC(=O)OC(C)(C)C)OCCO1. The average molecular weight is 496 g/mol. The number of alkyl carbamates (subject to hydrolysis) is 1. The minimum absolute atomic E-state index is 0.0941. The Morgan fingerprint density at radius 2 is 1.80 bits per heavy atom. The van der Waals surface area contributed by atoms with Crippen molar-refractivity contribution in [2.45, 2.75) is 122 Å². The highest BCUT2D eigenvalue weighted by Gasteiger charge is 2.41. The van der Waals surface area contributed by atoms with Crippen LogP contribution >= 0.6 is 0 Å². The van der Waals surface area contributed by atoms with Crippen molar-refractivity contribution >= 4 is 12.1 Å². The predicted octanol–water partition coefficient (Wildman–Crippen LogP) is 6.30. The van der Waals surface area contributed by atoms with E-state index in [1.807, 2.05) is 20.8 Å². The topological polar surface area (TPSA) is 83.1 Å². The van der Waals surface area contributed by atoms with Gasteiger partial charge >= 0.3 is 12.1 Å². The number of allylic oxidation sites excluding steroid dienone is 2. The molecule has 7 heteroatoms. The van der Waals surface area contributed by atoms with E-state index in [0.717, 1.165) is 57.8 Å². The minimum Gasteiger partial charge on any atom is -0.469 e. The van der Waals surface area contributed by atoms with Gasteiger partial charge in [-0.1, -0.05) is 31.9 Å². The lowest BCUT2D eigenvalue weighted by Gasteiger charge is -2.32. The average Bonchev–Trinajstić information content (AvgIpc) is 3.41. The van der Waals surface area contributed by atoms with Crippen LogP contribution in [0.4, 0.5) is 4.79 Å². The smallest absolute Gasteiger partial charge is 0.407 e. The number of rotatable bonds is 14. The zero-order valence-corrected chi connectivity index (χ0v) is 22.7. The van der Waals surface area contributed by atoms with Gasteiger partial charge in [0.25, 0.3) is 0 Å². The van der Waals surface area contributed by atoms with Crippen molar-refractivity contribution in [3.63, 3.8) is 0 Å². The maximum Gasteiger partial charge on any atom is 0.407 e. The number of amides is 1. The Bertz CT molecular complexity index is 665. The summed E-state index contributed by atoms with van der Waals surface area (Å²) in [6, 6.07) is 0.0941. The first kappa shape index (κ1) is 29.6. The summed E-state index contributed by atoms with van der Waals surface area (Å²) in [5.74, 6) is 0.205. The molecule has 1 amide bonds. The molecule has 0 aromatic carbocycles. The van der Waals surface area contributed by atoms with Gasteiger partial charge in [-0.05, 0) is 77.6 Å². The lowest BCUT2D eigenvalue weighted by atomic mass is 9.84. The van der Waals surface area contributed by atoms with E-state index in [9.17, 15) is 9.59 Å². The molecule has 2 rings (SSSR count). The molecule has 1 aliphatic carbocycles. The number of methoxy groups -OCH3 is 1. The molecule has 35 heavy (non-hydrogen) atoms. The van der Waals surface area contributed by atoms with Gasteiger partial charge in [-0.2, -0.15) is 0 Å². The predicted molar refractivity (Wildman–Crippen MR) is 137 cm³/mol. The van der Waals surface area contributed by atoms with Crippen molar-refractivity contribution in [3.8, 4) is 0 Å². The monoisotopic (exact) mass is 495 g/mol. The first-order valence-corrected chi connectivity index (χ1v) is 13.7. The number of esters is 1. The van der Waals surface area contributed by atoms with E-state index >= 15 is 0 Å². The number of carbonyl (C=O) groups excluding carboxylic acids is 2. The molecule has 2 fully saturated rings. The lowest BCUT2D eigenvalue weighted by Crippen LogP contribution is -2.42. The highest BCUT2D eigenvalue weighted by molar-refractivity contribution is 5.69. The van der Waals surface area contributed by atoms with Crippen molar-refractivity contribution in [2.75, 3.05) is 20.3 Å². The Balaban J connectivity index is 1.98. The zero-order valence-electron chi connectivity index (χ0n) is 22.7. The zero-order chi connectivity index (χ0) is 25.7. The van der Waals surface area contributed by atoms with E-state index in [1.165, 1.54) is 20.0 Å². The number of nitrogens with one attached hydrogen (secondary N) is 1. The summed E-state index contributed by atoms with van der Waals surface area (Å²) in [7, 11) is 1.43. The summed E-state index contributed by atoms with van der Waals surface area (Å²) in [4.78, 5) is 23.8. The number of hydrogen-bond donors (Lipinski definition) is 1. The van der Waals surface area contributed by atoms with Crippen LogP contribution in [0.25, 0.3) is 0 Å². The Labute approximate surface area is 212 Å². The molecular formula is C28H49NO6.